The summed E-state index contributed by atoms with van der Waals surface area (Å²) in [5.74, 6) is 0. The van der Waals surface area contributed by atoms with Crippen molar-refractivity contribution in [1.29, 1.82) is 0 Å². The fourth-order valence-corrected chi connectivity index (χ4v) is 3.58. The van der Waals surface area contributed by atoms with Gasteiger partial charge in [0.2, 0.25) is 0 Å². The van der Waals surface area contributed by atoms with Gasteiger partial charge in [0.1, 0.15) is 0 Å². The largest absolute Gasteiger partial charge is 0.308 e. The van der Waals surface area contributed by atoms with Crippen molar-refractivity contribution in [3.63, 3.8) is 0 Å². The lowest BCUT2D eigenvalue weighted by molar-refractivity contribution is 0.150. The van der Waals surface area contributed by atoms with Gasteiger partial charge in [0.25, 0.3) is 0 Å². The highest BCUT2D eigenvalue weighted by molar-refractivity contribution is 7.98. The van der Waals surface area contributed by atoms with Crippen LogP contribution >= 0.6 is 11.8 Å². The average Bonchev–Trinajstić information content (AvgIpc) is 2.95. The summed E-state index contributed by atoms with van der Waals surface area (Å²) in [6, 6.07) is 9.36. The summed E-state index contributed by atoms with van der Waals surface area (Å²) in [4.78, 5) is 3.76. The molecular formula is C17H28N2S. The highest BCUT2D eigenvalue weighted by Gasteiger charge is 2.35. The fraction of sp³-hybridized carbons (Fsp3) is 0.647. The van der Waals surface area contributed by atoms with Crippen LogP contribution in [0.2, 0.25) is 0 Å². The monoisotopic (exact) mass is 292 g/mol. The van der Waals surface area contributed by atoms with Gasteiger partial charge in [-0.1, -0.05) is 25.0 Å². The van der Waals surface area contributed by atoms with E-state index in [0.29, 0.717) is 11.6 Å². The van der Waals surface area contributed by atoms with Crippen LogP contribution in [0.1, 0.15) is 44.2 Å². The number of nitrogens with one attached hydrogen (secondary N) is 1. The van der Waals surface area contributed by atoms with E-state index < -0.39 is 0 Å². The Morgan fingerprint density at radius 1 is 1.20 bits per heavy atom. The van der Waals surface area contributed by atoms with Crippen LogP contribution < -0.4 is 5.32 Å². The molecule has 2 nitrogen and oxygen atoms in total. The van der Waals surface area contributed by atoms with E-state index in [1.54, 1.807) is 11.8 Å². The van der Waals surface area contributed by atoms with Gasteiger partial charge >= 0.3 is 0 Å². The third-order valence-electron chi connectivity index (χ3n) is 4.84. The minimum Gasteiger partial charge on any atom is -0.308 e. The number of rotatable bonds is 6. The van der Waals surface area contributed by atoms with Crippen molar-refractivity contribution in [2.24, 2.45) is 0 Å². The number of hydrogen-bond acceptors (Lipinski definition) is 3. The summed E-state index contributed by atoms with van der Waals surface area (Å²) in [5, 5.41) is 3.75. The molecule has 1 saturated carbocycles. The highest BCUT2D eigenvalue weighted by atomic mass is 32.2. The predicted molar refractivity (Wildman–Crippen MR) is 89.5 cm³/mol. The summed E-state index contributed by atoms with van der Waals surface area (Å²) in [7, 11) is 4.45. The first-order valence-electron chi connectivity index (χ1n) is 7.62. The van der Waals surface area contributed by atoms with E-state index in [2.05, 4.69) is 61.8 Å². The Labute approximate surface area is 128 Å². The van der Waals surface area contributed by atoms with Crippen molar-refractivity contribution in [2.75, 3.05) is 26.9 Å². The standard InChI is InChI=1S/C17H28N2S/c1-14(15-7-9-16(20-4)10-8-15)18-13-17(19(2)3)11-5-6-12-17/h7-10,14,18H,5-6,11-13H2,1-4H3. The minimum atomic E-state index is 0.369. The molecule has 0 radical (unpaired) electrons. The molecular weight excluding hydrogens is 264 g/mol. The number of likely N-dealkylation sites (N-methyl/N-ethyl adjacent to an activating group) is 1. The Bertz CT molecular complexity index is 408. The van der Waals surface area contributed by atoms with Crippen LogP contribution in [0.4, 0.5) is 0 Å². The molecule has 0 bridgehead atoms. The second-order valence-corrected chi connectivity index (χ2v) is 7.08. The molecule has 2 rings (SSSR count). The highest BCUT2D eigenvalue weighted by Crippen LogP contribution is 2.33. The van der Waals surface area contributed by atoms with Gasteiger partial charge in [0.05, 0.1) is 0 Å². The molecule has 20 heavy (non-hydrogen) atoms. The first kappa shape index (κ1) is 15.9. The number of thioether (sulfide) groups is 1. The summed E-state index contributed by atoms with van der Waals surface area (Å²) < 4.78 is 0. The Morgan fingerprint density at radius 3 is 2.30 bits per heavy atom. The molecule has 0 amide bonds. The van der Waals surface area contributed by atoms with E-state index in [0.717, 1.165) is 6.54 Å². The van der Waals surface area contributed by atoms with Crippen molar-refractivity contribution in [1.82, 2.24) is 10.2 Å². The molecule has 1 N–H and O–H groups in total. The lowest BCUT2D eigenvalue weighted by atomic mass is 9.95. The molecule has 1 aliphatic rings. The molecule has 0 aromatic heterocycles. The maximum Gasteiger partial charge on any atom is 0.0328 e. The number of benzene rings is 1. The second-order valence-electron chi connectivity index (χ2n) is 6.20. The maximum atomic E-state index is 3.75. The molecule has 3 heteroatoms. The van der Waals surface area contributed by atoms with Gasteiger partial charge in [-0.3, -0.25) is 0 Å². The molecule has 0 saturated heterocycles. The zero-order valence-corrected chi connectivity index (χ0v) is 14.1. The molecule has 1 aromatic rings. The van der Waals surface area contributed by atoms with Crippen LogP contribution in [-0.2, 0) is 0 Å². The number of nitrogens with zero attached hydrogens (tertiary/aromatic N) is 1. The van der Waals surface area contributed by atoms with Crippen molar-refractivity contribution in [3.8, 4) is 0 Å². The van der Waals surface area contributed by atoms with E-state index in [9.17, 15) is 0 Å². The maximum absolute atomic E-state index is 3.75. The van der Waals surface area contributed by atoms with Crippen LogP contribution in [-0.4, -0.2) is 37.3 Å². The van der Waals surface area contributed by atoms with Crippen molar-refractivity contribution < 1.29 is 0 Å². The Balaban J connectivity index is 1.95. The lowest BCUT2D eigenvalue weighted by Crippen LogP contribution is -2.50. The van der Waals surface area contributed by atoms with Gasteiger partial charge in [-0.05, 0) is 57.8 Å². The predicted octanol–water partition coefficient (Wildman–Crippen LogP) is 3.93. The van der Waals surface area contributed by atoms with Crippen LogP contribution in [0.15, 0.2) is 29.2 Å². The molecule has 1 atom stereocenters. The Hall–Kier alpha value is -0.510. The smallest absolute Gasteiger partial charge is 0.0328 e. The zero-order valence-electron chi connectivity index (χ0n) is 13.3. The topological polar surface area (TPSA) is 15.3 Å². The summed E-state index contributed by atoms with van der Waals surface area (Å²) in [6.07, 6.45) is 7.52. The Morgan fingerprint density at radius 2 is 1.80 bits per heavy atom. The molecule has 1 aliphatic carbocycles. The van der Waals surface area contributed by atoms with Gasteiger partial charge in [0.15, 0.2) is 0 Å². The van der Waals surface area contributed by atoms with Crippen LogP contribution in [0, 0.1) is 0 Å². The number of hydrogen-bond donors (Lipinski definition) is 1. The molecule has 112 valence electrons. The third kappa shape index (κ3) is 3.57. The van der Waals surface area contributed by atoms with E-state index in [4.69, 9.17) is 0 Å². The summed E-state index contributed by atoms with van der Waals surface area (Å²) in [5.41, 5.74) is 1.75. The molecule has 0 spiro atoms. The van der Waals surface area contributed by atoms with Crippen LogP contribution in [0.5, 0.6) is 0 Å². The van der Waals surface area contributed by atoms with Crippen molar-refractivity contribution in [2.45, 2.75) is 49.1 Å². The van der Waals surface area contributed by atoms with Gasteiger partial charge < -0.3 is 10.2 Å². The van der Waals surface area contributed by atoms with Gasteiger partial charge in [0, 0.05) is 23.0 Å². The van der Waals surface area contributed by atoms with E-state index in [-0.39, 0.29) is 0 Å². The lowest BCUT2D eigenvalue weighted by Gasteiger charge is -2.37. The quantitative estimate of drug-likeness (QED) is 0.800. The van der Waals surface area contributed by atoms with Crippen molar-refractivity contribution in [3.05, 3.63) is 29.8 Å². The fourth-order valence-electron chi connectivity index (χ4n) is 3.17. The van der Waals surface area contributed by atoms with E-state index in [1.807, 2.05) is 0 Å². The van der Waals surface area contributed by atoms with Crippen LogP contribution in [0.3, 0.4) is 0 Å². The molecule has 1 unspecified atom stereocenters. The minimum absolute atomic E-state index is 0.369. The average molecular weight is 292 g/mol. The zero-order chi connectivity index (χ0) is 14.6. The molecule has 1 fully saturated rings. The summed E-state index contributed by atoms with van der Waals surface area (Å²) in [6.45, 7) is 3.36. The third-order valence-corrected chi connectivity index (χ3v) is 5.58. The van der Waals surface area contributed by atoms with Crippen LogP contribution in [0.25, 0.3) is 0 Å². The van der Waals surface area contributed by atoms with Gasteiger partial charge in [-0.2, -0.15) is 0 Å². The van der Waals surface area contributed by atoms with Gasteiger partial charge in [-0.15, -0.1) is 11.8 Å². The summed E-state index contributed by atoms with van der Waals surface area (Å²) >= 11 is 1.80. The molecule has 0 aliphatic heterocycles. The van der Waals surface area contributed by atoms with Gasteiger partial charge in [-0.25, -0.2) is 0 Å². The first-order valence-corrected chi connectivity index (χ1v) is 8.85. The van der Waals surface area contributed by atoms with E-state index >= 15 is 0 Å². The molecule has 1 aromatic carbocycles. The van der Waals surface area contributed by atoms with Crippen molar-refractivity contribution >= 4 is 11.8 Å². The van der Waals surface area contributed by atoms with E-state index in [1.165, 1.54) is 36.1 Å². The normalized spacial score (nSPS) is 19.4. The molecule has 0 heterocycles. The second kappa shape index (κ2) is 6.97. The first-order chi connectivity index (χ1) is 9.57. The Kier molecular flexibility index (Phi) is 5.53. The SMILES string of the molecule is CSc1ccc(C(C)NCC2(N(C)C)CCCC2)cc1.